The predicted octanol–water partition coefficient (Wildman–Crippen LogP) is 3.83. The highest BCUT2D eigenvalue weighted by Crippen LogP contribution is 2.35. The molecule has 0 aromatic heterocycles. The van der Waals surface area contributed by atoms with E-state index in [-0.39, 0.29) is 6.42 Å². The van der Waals surface area contributed by atoms with Gasteiger partial charge in [-0.1, -0.05) is 24.3 Å². The van der Waals surface area contributed by atoms with Crippen molar-refractivity contribution >= 4 is 5.97 Å². The van der Waals surface area contributed by atoms with Gasteiger partial charge in [0.05, 0.1) is 18.4 Å². The number of aliphatic carboxylic acids is 1. The summed E-state index contributed by atoms with van der Waals surface area (Å²) >= 11 is 0. The molecule has 0 saturated carbocycles. The van der Waals surface area contributed by atoms with Crippen LogP contribution in [0.1, 0.15) is 29.4 Å². The van der Waals surface area contributed by atoms with E-state index >= 15 is 0 Å². The van der Waals surface area contributed by atoms with Gasteiger partial charge in [-0.15, -0.1) is 0 Å². The maximum absolute atomic E-state index is 13.4. The summed E-state index contributed by atoms with van der Waals surface area (Å²) in [5, 5.41) is 18.5. The largest absolute Gasteiger partial charge is 0.481 e. The van der Waals surface area contributed by atoms with Crippen molar-refractivity contribution in [2.45, 2.75) is 18.3 Å². The monoisotopic (exact) mass is 301 g/mol. The second kappa shape index (κ2) is 6.81. The normalized spacial score (nSPS) is 13.1. The number of carboxylic acid groups (broad SMARTS) is 1. The smallest absolute Gasteiger partial charge is 0.304 e. The lowest BCUT2D eigenvalue weighted by Gasteiger charge is -2.21. The molecule has 2 aromatic rings. The Balaban J connectivity index is 2.47. The number of hydrogen-bond donors (Lipinski definition) is 1. The van der Waals surface area contributed by atoms with E-state index in [0.29, 0.717) is 11.1 Å². The SMILES string of the molecule is N#CC(c1cccc(F)c1)C(CC(=O)O)c1cccc(F)c1. The average Bonchev–Trinajstić information content (AvgIpc) is 2.47. The number of rotatable bonds is 5. The summed E-state index contributed by atoms with van der Waals surface area (Å²) < 4.78 is 26.8. The Morgan fingerprint density at radius 3 is 2.14 bits per heavy atom. The Kier molecular flexibility index (Phi) is 4.84. The molecule has 22 heavy (non-hydrogen) atoms. The lowest BCUT2D eigenvalue weighted by atomic mass is 9.80. The van der Waals surface area contributed by atoms with E-state index in [1.807, 2.05) is 6.07 Å². The second-order valence-corrected chi connectivity index (χ2v) is 4.92. The third-order valence-electron chi connectivity index (χ3n) is 3.42. The van der Waals surface area contributed by atoms with Crippen LogP contribution < -0.4 is 0 Å². The van der Waals surface area contributed by atoms with Crippen molar-refractivity contribution < 1.29 is 18.7 Å². The average molecular weight is 301 g/mol. The van der Waals surface area contributed by atoms with Gasteiger partial charge in [0.15, 0.2) is 0 Å². The van der Waals surface area contributed by atoms with Gasteiger partial charge < -0.3 is 5.11 Å². The van der Waals surface area contributed by atoms with Crippen LogP contribution in [-0.4, -0.2) is 11.1 Å². The molecule has 3 nitrogen and oxygen atoms in total. The quantitative estimate of drug-likeness (QED) is 0.913. The van der Waals surface area contributed by atoms with Crippen LogP contribution in [0.15, 0.2) is 48.5 Å². The van der Waals surface area contributed by atoms with Crippen LogP contribution in [0.3, 0.4) is 0 Å². The first-order valence-electron chi connectivity index (χ1n) is 6.63. The minimum atomic E-state index is -1.11. The van der Waals surface area contributed by atoms with Gasteiger partial charge in [0.1, 0.15) is 11.6 Å². The fraction of sp³-hybridized carbons (Fsp3) is 0.176. The Morgan fingerprint density at radius 1 is 1.09 bits per heavy atom. The zero-order chi connectivity index (χ0) is 16.1. The fourth-order valence-corrected chi connectivity index (χ4v) is 2.45. The summed E-state index contributed by atoms with van der Waals surface area (Å²) in [4.78, 5) is 11.1. The van der Waals surface area contributed by atoms with E-state index in [0.717, 1.165) is 0 Å². The Hall–Kier alpha value is -2.74. The molecule has 2 atom stereocenters. The van der Waals surface area contributed by atoms with Crippen molar-refractivity contribution in [1.29, 1.82) is 5.26 Å². The van der Waals surface area contributed by atoms with Crippen molar-refractivity contribution in [3.05, 3.63) is 71.3 Å². The molecule has 1 N–H and O–H groups in total. The zero-order valence-electron chi connectivity index (χ0n) is 11.5. The number of halogens is 2. The molecule has 0 amide bonds. The highest BCUT2D eigenvalue weighted by Gasteiger charge is 2.27. The standard InChI is InChI=1S/C17H13F2NO2/c18-13-5-1-3-11(7-13)15(9-17(21)22)16(10-20)12-4-2-6-14(19)8-12/h1-8,15-16H,9H2,(H,21,22). The molecular weight excluding hydrogens is 288 g/mol. The van der Waals surface area contributed by atoms with Gasteiger partial charge in [-0.3, -0.25) is 4.79 Å². The van der Waals surface area contributed by atoms with Gasteiger partial charge in [-0.05, 0) is 35.4 Å². The number of nitrogens with zero attached hydrogens (tertiary/aromatic N) is 1. The van der Waals surface area contributed by atoms with Crippen LogP contribution in [0.2, 0.25) is 0 Å². The minimum Gasteiger partial charge on any atom is -0.481 e. The molecule has 0 bridgehead atoms. The lowest BCUT2D eigenvalue weighted by Crippen LogP contribution is -2.15. The van der Waals surface area contributed by atoms with Crippen LogP contribution in [0, 0.1) is 23.0 Å². The first-order chi connectivity index (χ1) is 10.5. The molecule has 0 aliphatic heterocycles. The third kappa shape index (κ3) is 3.67. The molecule has 0 heterocycles. The van der Waals surface area contributed by atoms with E-state index in [1.165, 1.54) is 36.4 Å². The molecule has 0 radical (unpaired) electrons. The molecule has 2 aromatic carbocycles. The maximum atomic E-state index is 13.4. The van der Waals surface area contributed by atoms with Crippen LogP contribution >= 0.6 is 0 Å². The topological polar surface area (TPSA) is 61.1 Å². The number of benzene rings is 2. The number of hydrogen-bond acceptors (Lipinski definition) is 2. The first-order valence-corrected chi connectivity index (χ1v) is 6.63. The van der Waals surface area contributed by atoms with Crippen molar-refractivity contribution in [1.82, 2.24) is 0 Å². The molecule has 2 rings (SSSR count). The summed E-state index contributed by atoms with van der Waals surface area (Å²) in [6.07, 6.45) is -0.349. The van der Waals surface area contributed by atoms with E-state index in [1.54, 1.807) is 12.1 Å². The fourth-order valence-electron chi connectivity index (χ4n) is 2.45. The van der Waals surface area contributed by atoms with Crippen molar-refractivity contribution in [2.75, 3.05) is 0 Å². The first kappa shape index (κ1) is 15.6. The van der Waals surface area contributed by atoms with Crippen LogP contribution in [0.5, 0.6) is 0 Å². The van der Waals surface area contributed by atoms with Crippen LogP contribution in [0.25, 0.3) is 0 Å². The summed E-state index contributed by atoms with van der Waals surface area (Å²) in [6, 6.07) is 12.9. The van der Waals surface area contributed by atoms with Gasteiger partial charge in [-0.25, -0.2) is 8.78 Å². The van der Waals surface area contributed by atoms with Crippen LogP contribution in [-0.2, 0) is 4.79 Å². The highest BCUT2D eigenvalue weighted by molar-refractivity contribution is 5.68. The second-order valence-electron chi connectivity index (χ2n) is 4.92. The van der Waals surface area contributed by atoms with Gasteiger partial charge in [0, 0.05) is 5.92 Å². The number of nitriles is 1. The molecule has 112 valence electrons. The summed E-state index contributed by atoms with van der Waals surface area (Å²) in [7, 11) is 0. The zero-order valence-corrected chi connectivity index (χ0v) is 11.5. The van der Waals surface area contributed by atoms with E-state index in [4.69, 9.17) is 5.11 Å². The third-order valence-corrected chi connectivity index (χ3v) is 3.42. The number of carbonyl (C=O) groups is 1. The Labute approximate surface area is 126 Å². The van der Waals surface area contributed by atoms with E-state index in [2.05, 4.69) is 0 Å². The van der Waals surface area contributed by atoms with Gasteiger partial charge in [0.2, 0.25) is 0 Å². The minimum absolute atomic E-state index is 0.349. The predicted molar refractivity (Wildman–Crippen MR) is 76.1 cm³/mol. The summed E-state index contributed by atoms with van der Waals surface area (Å²) in [5.74, 6) is -3.77. The molecule has 0 aliphatic carbocycles. The van der Waals surface area contributed by atoms with Gasteiger partial charge in [0.25, 0.3) is 0 Å². The Bertz CT molecular complexity index is 725. The lowest BCUT2D eigenvalue weighted by molar-refractivity contribution is -0.137. The highest BCUT2D eigenvalue weighted by atomic mass is 19.1. The summed E-state index contributed by atoms with van der Waals surface area (Å²) in [5.41, 5.74) is 0.774. The molecule has 0 aliphatic rings. The van der Waals surface area contributed by atoms with Gasteiger partial charge in [-0.2, -0.15) is 5.26 Å². The van der Waals surface area contributed by atoms with Crippen molar-refractivity contribution in [3.8, 4) is 6.07 Å². The van der Waals surface area contributed by atoms with E-state index in [9.17, 15) is 18.8 Å². The van der Waals surface area contributed by atoms with E-state index < -0.39 is 29.4 Å². The molecular formula is C17H13F2NO2. The molecule has 0 spiro atoms. The van der Waals surface area contributed by atoms with Crippen molar-refractivity contribution in [2.24, 2.45) is 0 Å². The number of carboxylic acids is 1. The van der Waals surface area contributed by atoms with Gasteiger partial charge >= 0.3 is 5.97 Å². The Morgan fingerprint density at radius 2 is 1.64 bits per heavy atom. The van der Waals surface area contributed by atoms with Crippen LogP contribution in [0.4, 0.5) is 8.78 Å². The molecule has 0 saturated heterocycles. The summed E-state index contributed by atoms with van der Waals surface area (Å²) in [6.45, 7) is 0. The maximum Gasteiger partial charge on any atom is 0.304 e. The molecule has 0 fully saturated rings. The molecule has 5 heteroatoms. The molecule has 2 unspecified atom stereocenters. The van der Waals surface area contributed by atoms with Crippen molar-refractivity contribution in [3.63, 3.8) is 0 Å².